The normalized spacial score (nSPS) is 22.3. The van der Waals surface area contributed by atoms with E-state index in [9.17, 15) is 18.0 Å². The lowest BCUT2D eigenvalue weighted by Gasteiger charge is -2.22. The van der Waals surface area contributed by atoms with Crippen LogP contribution in [0, 0.1) is 0 Å². The van der Waals surface area contributed by atoms with Gasteiger partial charge in [-0.25, -0.2) is 13.2 Å². The van der Waals surface area contributed by atoms with Gasteiger partial charge in [0.25, 0.3) is 5.56 Å². The van der Waals surface area contributed by atoms with Crippen LogP contribution in [0.5, 0.6) is 0 Å². The number of hydrogen-bond donors (Lipinski definition) is 2. The Kier molecular flexibility index (Phi) is 4.74. The molecule has 4 rings (SSSR count). The van der Waals surface area contributed by atoms with Gasteiger partial charge in [-0.2, -0.15) is 9.40 Å². The van der Waals surface area contributed by atoms with E-state index in [0.717, 1.165) is 12.8 Å². The summed E-state index contributed by atoms with van der Waals surface area (Å²) in [6.45, 7) is 1.83. The van der Waals surface area contributed by atoms with E-state index in [-0.39, 0.29) is 23.4 Å². The molecule has 1 unspecified atom stereocenters. The molecule has 2 aromatic rings. The number of aromatic amines is 2. The van der Waals surface area contributed by atoms with Crippen molar-refractivity contribution in [2.24, 2.45) is 0 Å². The Hall–Kier alpha value is -2.24. The van der Waals surface area contributed by atoms with Crippen molar-refractivity contribution in [1.29, 1.82) is 0 Å². The van der Waals surface area contributed by atoms with Crippen molar-refractivity contribution in [1.82, 2.24) is 24.1 Å². The minimum absolute atomic E-state index is 0.148. The first-order chi connectivity index (χ1) is 12.9. The second kappa shape index (κ2) is 7.06. The summed E-state index contributed by atoms with van der Waals surface area (Å²) in [4.78, 5) is 27.8. The third-order valence-corrected chi connectivity index (χ3v) is 6.97. The molecule has 146 valence electrons. The maximum absolute atomic E-state index is 12.9. The van der Waals surface area contributed by atoms with Crippen LogP contribution in [0.1, 0.15) is 36.9 Å². The second-order valence-corrected chi connectivity index (χ2v) is 8.83. The summed E-state index contributed by atoms with van der Waals surface area (Å²) in [6.07, 6.45) is 5.11. The lowest BCUT2D eigenvalue weighted by Crippen LogP contribution is -2.29. The Morgan fingerprint density at radius 2 is 1.93 bits per heavy atom. The highest BCUT2D eigenvalue weighted by atomic mass is 32.2. The average Bonchev–Trinajstić information content (AvgIpc) is 3.32. The first kappa shape index (κ1) is 18.1. The summed E-state index contributed by atoms with van der Waals surface area (Å²) in [7, 11) is -3.68. The number of aromatic nitrogens is 4. The number of hydrogen-bond acceptors (Lipinski definition) is 6. The second-order valence-electron chi connectivity index (χ2n) is 6.89. The summed E-state index contributed by atoms with van der Waals surface area (Å²) >= 11 is 0. The van der Waals surface area contributed by atoms with Crippen molar-refractivity contribution in [3.05, 3.63) is 45.0 Å². The summed E-state index contributed by atoms with van der Waals surface area (Å²) in [5, 5.41) is 4.24. The number of sulfonamides is 1. The van der Waals surface area contributed by atoms with Crippen molar-refractivity contribution in [3.63, 3.8) is 0 Å². The minimum atomic E-state index is -3.68. The molecule has 2 aromatic heterocycles. The zero-order chi connectivity index (χ0) is 19.0. The van der Waals surface area contributed by atoms with Crippen LogP contribution >= 0.6 is 0 Å². The van der Waals surface area contributed by atoms with Crippen molar-refractivity contribution >= 4 is 10.0 Å². The maximum Gasteiger partial charge on any atom is 0.325 e. The SMILES string of the molecule is O=c1cc(C2CCN(S(=O)(=O)c3cnn(C4CCOCC4)c3)C2)[nH]c(=O)[nH]1. The van der Waals surface area contributed by atoms with E-state index in [1.807, 2.05) is 0 Å². The molecule has 0 bridgehead atoms. The first-order valence-electron chi connectivity index (χ1n) is 8.89. The molecule has 11 heteroatoms. The van der Waals surface area contributed by atoms with Gasteiger partial charge in [0.15, 0.2) is 0 Å². The van der Waals surface area contributed by atoms with Crippen LogP contribution < -0.4 is 11.2 Å². The highest BCUT2D eigenvalue weighted by Gasteiger charge is 2.35. The third-order valence-electron chi connectivity index (χ3n) is 5.15. The molecule has 2 fully saturated rings. The van der Waals surface area contributed by atoms with Crippen LogP contribution in [0.25, 0.3) is 0 Å². The molecule has 2 saturated heterocycles. The van der Waals surface area contributed by atoms with Gasteiger partial charge in [-0.3, -0.25) is 14.5 Å². The first-order valence-corrected chi connectivity index (χ1v) is 10.3. The van der Waals surface area contributed by atoms with Crippen molar-refractivity contribution in [3.8, 4) is 0 Å². The van der Waals surface area contributed by atoms with Crippen LogP contribution in [0.3, 0.4) is 0 Å². The van der Waals surface area contributed by atoms with Crippen LogP contribution in [0.15, 0.2) is 32.9 Å². The largest absolute Gasteiger partial charge is 0.381 e. The van der Waals surface area contributed by atoms with E-state index in [1.54, 1.807) is 10.9 Å². The molecule has 2 aliphatic heterocycles. The number of nitrogens with zero attached hydrogens (tertiary/aromatic N) is 3. The summed E-state index contributed by atoms with van der Waals surface area (Å²) in [5.74, 6) is -0.222. The van der Waals surface area contributed by atoms with E-state index in [4.69, 9.17) is 4.74 Å². The predicted molar refractivity (Wildman–Crippen MR) is 95.1 cm³/mol. The van der Waals surface area contributed by atoms with E-state index in [0.29, 0.717) is 31.9 Å². The highest BCUT2D eigenvalue weighted by molar-refractivity contribution is 7.89. The molecule has 27 heavy (non-hydrogen) atoms. The zero-order valence-corrected chi connectivity index (χ0v) is 15.4. The van der Waals surface area contributed by atoms with Gasteiger partial charge in [-0.15, -0.1) is 0 Å². The summed E-state index contributed by atoms with van der Waals surface area (Å²) < 4.78 is 34.3. The zero-order valence-electron chi connectivity index (χ0n) is 14.6. The molecule has 10 nitrogen and oxygen atoms in total. The Morgan fingerprint density at radius 3 is 2.67 bits per heavy atom. The van der Waals surface area contributed by atoms with Gasteiger partial charge >= 0.3 is 5.69 Å². The molecule has 0 saturated carbocycles. The average molecular weight is 395 g/mol. The van der Waals surface area contributed by atoms with Gasteiger partial charge in [-0.1, -0.05) is 0 Å². The van der Waals surface area contributed by atoms with Gasteiger partial charge < -0.3 is 9.72 Å². The summed E-state index contributed by atoms with van der Waals surface area (Å²) in [5.41, 5.74) is -0.622. The fraction of sp³-hybridized carbons (Fsp3) is 0.562. The Morgan fingerprint density at radius 1 is 1.15 bits per heavy atom. The van der Waals surface area contributed by atoms with E-state index >= 15 is 0 Å². The number of nitrogens with one attached hydrogen (secondary N) is 2. The van der Waals surface area contributed by atoms with E-state index in [2.05, 4.69) is 15.1 Å². The van der Waals surface area contributed by atoms with Gasteiger partial charge in [-0.05, 0) is 19.3 Å². The number of H-pyrrole nitrogens is 2. The van der Waals surface area contributed by atoms with Crippen LogP contribution in [-0.2, 0) is 14.8 Å². The maximum atomic E-state index is 12.9. The van der Waals surface area contributed by atoms with Crippen LogP contribution in [0.2, 0.25) is 0 Å². The van der Waals surface area contributed by atoms with Crippen LogP contribution in [-0.4, -0.2) is 58.8 Å². The standard InChI is InChI=1S/C16H21N5O5S/c22-15-7-14(18-16(23)19-15)11-1-4-20(9-11)27(24,25)13-8-17-21(10-13)12-2-5-26-6-3-12/h7-8,10-12H,1-6,9H2,(H2,18,19,22,23). The van der Waals surface area contributed by atoms with Gasteiger partial charge in [0, 0.05) is 50.2 Å². The fourth-order valence-electron chi connectivity index (χ4n) is 3.66. The monoisotopic (exact) mass is 395 g/mol. The van der Waals surface area contributed by atoms with Gasteiger partial charge in [0.05, 0.1) is 12.2 Å². The Balaban J connectivity index is 1.52. The lowest BCUT2D eigenvalue weighted by atomic mass is 10.1. The summed E-state index contributed by atoms with van der Waals surface area (Å²) in [6, 6.07) is 1.46. The quantitative estimate of drug-likeness (QED) is 0.737. The van der Waals surface area contributed by atoms with E-state index < -0.39 is 21.3 Å². The van der Waals surface area contributed by atoms with E-state index in [1.165, 1.54) is 16.6 Å². The topological polar surface area (TPSA) is 130 Å². The number of ether oxygens (including phenoxy) is 1. The Labute approximate surface area is 155 Å². The smallest absolute Gasteiger partial charge is 0.325 e. The van der Waals surface area contributed by atoms with Crippen molar-refractivity contribution in [2.75, 3.05) is 26.3 Å². The molecular weight excluding hydrogens is 374 g/mol. The molecule has 0 aliphatic carbocycles. The van der Waals surface area contributed by atoms with Crippen molar-refractivity contribution < 1.29 is 13.2 Å². The molecule has 1 atom stereocenters. The molecular formula is C16H21N5O5S. The highest BCUT2D eigenvalue weighted by Crippen LogP contribution is 2.30. The molecule has 0 amide bonds. The number of rotatable bonds is 4. The van der Waals surface area contributed by atoms with Gasteiger partial charge in [0.2, 0.25) is 10.0 Å². The Bertz CT molecular complexity index is 1010. The minimum Gasteiger partial charge on any atom is -0.381 e. The van der Waals surface area contributed by atoms with Crippen molar-refractivity contribution in [2.45, 2.75) is 36.1 Å². The molecule has 2 aliphatic rings. The fourth-order valence-corrected chi connectivity index (χ4v) is 5.10. The van der Waals surface area contributed by atoms with Crippen LogP contribution in [0.4, 0.5) is 0 Å². The predicted octanol–water partition coefficient (Wildman–Crippen LogP) is -0.211. The third kappa shape index (κ3) is 3.62. The lowest BCUT2D eigenvalue weighted by molar-refractivity contribution is 0.0662. The van der Waals surface area contributed by atoms with Gasteiger partial charge in [0.1, 0.15) is 4.90 Å². The molecule has 0 radical (unpaired) electrons. The molecule has 4 heterocycles. The molecule has 2 N–H and O–H groups in total. The molecule has 0 spiro atoms. The molecule has 0 aromatic carbocycles.